The average Bonchev–Trinajstić information content (AvgIpc) is 3.06. The SMILES string of the molecule is Fc1ccc(N[C@H](C(F)F)n2cc(Cl)cn2)cc1CNC1=NCCCO1. The van der Waals surface area contributed by atoms with Crippen LogP contribution in [0.4, 0.5) is 18.9 Å². The van der Waals surface area contributed by atoms with Gasteiger partial charge in [-0.2, -0.15) is 5.10 Å². The Hall–Kier alpha value is -2.42. The lowest BCUT2D eigenvalue weighted by atomic mass is 10.2. The highest BCUT2D eigenvalue weighted by molar-refractivity contribution is 6.30. The van der Waals surface area contributed by atoms with E-state index in [1.54, 1.807) is 0 Å². The van der Waals surface area contributed by atoms with Gasteiger partial charge in [-0.15, -0.1) is 0 Å². The van der Waals surface area contributed by atoms with Gasteiger partial charge in [-0.25, -0.2) is 22.8 Å². The molecule has 0 aliphatic carbocycles. The minimum Gasteiger partial charge on any atom is -0.465 e. The highest BCUT2D eigenvalue weighted by Crippen LogP contribution is 2.23. The molecule has 140 valence electrons. The smallest absolute Gasteiger partial charge is 0.284 e. The summed E-state index contributed by atoms with van der Waals surface area (Å²) < 4.78 is 47.1. The van der Waals surface area contributed by atoms with E-state index in [0.717, 1.165) is 11.1 Å². The largest absolute Gasteiger partial charge is 0.465 e. The second-order valence-corrected chi connectivity index (χ2v) is 6.05. The average molecular weight is 388 g/mol. The van der Waals surface area contributed by atoms with Crippen LogP contribution in [0, 0.1) is 5.82 Å². The number of aliphatic imine (C=N–C) groups is 1. The summed E-state index contributed by atoms with van der Waals surface area (Å²) in [5.41, 5.74) is 0.616. The van der Waals surface area contributed by atoms with Crippen molar-refractivity contribution in [2.75, 3.05) is 18.5 Å². The van der Waals surface area contributed by atoms with Gasteiger partial charge < -0.3 is 15.4 Å². The molecule has 6 nitrogen and oxygen atoms in total. The number of halogens is 4. The van der Waals surface area contributed by atoms with Gasteiger partial charge in [-0.1, -0.05) is 11.6 Å². The normalized spacial score (nSPS) is 15.3. The number of aromatic nitrogens is 2. The zero-order chi connectivity index (χ0) is 18.5. The second-order valence-electron chi connectivity index (χ2n) is 5.61. The van der Waals surface area contributed by atoms with Crippen molar-refractivity contribution in [3.63, 3.8) is 0 Å². The number of benzene rings is 1. The molecule has 2 N–H and O–H groups in total. The molecule has 0 saturated heterocycles. The number of alkyl halides is 2. The van der Waals surface area contributed by atoms with E-state index in [1.165, 1.54) is 30.6 Å². The summed E-state index contributed by atoms with van der Waals surface area (Å²) in [6.07, 6.45) is -0.785. The highest BCUT2D eigenvalue weighted by Gasteiger charge is 2.23. The van der Waals surface area contributed by atoms with Crippen molar-refractivity contribution in [3.8, 4) is 0 Å². The van der Waals surface area contributed by atoms with Crippen LogP contribution in [0.25, 0.3) is 0 Å². The molecular formula is C16H17ClF3N5O. The first-order valence-electron chi connectivity index (χ1n) is 7.97. The summed E-state index contributed by atoms with van der Waals surface area (Å²) in [5.74, 6) is -0.463. The molecule has 1 aliphatic heterocycles. The molecular weight excluding hydrogens is 371 g/mol. The van der Waals surface area contributed by atoms with Crippen molar-refractivity contribution in [3.05, 3.63) is 47.0 Å². The Labute approximate surface area is 153 Å². The van der Waals surface area contributed by atoms with Gasteiger partial charge in [0.15, 0.2) is 6.17 Å². The maximum atomic E-state index is 14.0. The molecule has 0 saturated carbocycles. The molecule has 1 atom stereocenters. The fourth-order valence-electron chi connectivity index (χ4n) is 2.42. The Morgan fingerprint density at radius 1 is 1.35 bits per heavy atom. The van der Waals surface area contributed by atoms with E-state index >= 15 is 0 Å². The van der Waals surface area contributed by atoms with E-state index in [0.29, 0.717) is 30.4 Å². The number of nitrogens with one attached hydrogen (secondary N) is 2. The van der Waals surface area contributed by atoms with Crippen molar-refractivity contribution in [1.82, 2.24) is 15.1 Å². The zero-order valence-corrected chi connectivity index (χ0v) is 14.4. The first-order valence-corrected chi connectivity index (χ1v) is 8.34. The first kappa shape index (κ1) is 18.4. The van der Waals surface area contributed by atoms with Crippen LogP contribution in [-0.4, -0.2) is 35.4 Å². The van der Waals surface area contributed by atoms with Crippen molar-refractivity contribution in [2.24, 2.45) is 4.99 Å². The third-order valence-corrected chi connectivity index (χ3v) is 3.88. The van der Waals surface area contributed by atoms with Gasteiger partial charge in [-0.3, -0.25) is 0 Å². The van der Waals surface area contributed by atoms with Gasteiger partial charge in [0.05, 0.1) is 17.8 Å². The fourth-order valence-corrected chi connectivity index (χ4v) is 2.56. The van der Waals surface area contributed by atoms with E-state index < -0.39 is 18.4 Å². The van der Waals surface area contributed by atoms with Gasteiger partial charge in [0, 0.05) is 37.0 Å². The summed E-state index contributed by atoms with van der Waals surface area (Å²) in [5, 5.41) is 9.58. The molecule has 1 aromatic carbocycles. The number of hydrogen-bond acceptors (Lipinski definition) is 5. The molecule has 10 heteroatoms. The minimum atomic E-state index is -2.75. The Morgan fingerprint density at radius 2 is 2.19 bits per heavy atom. The lowest BCUT2D eigenvalue weighted by Gasteiger charge is -2.20. The standard InChI is InChI=1S/C16H17ClF3N5O/c17-11-8-23-25(9-11)15(14(19)20)24-12-2-3-13(18)10(6-12)7-22-16-21-4-1-5-26-16/h2-3,6,8-9,14-15,24H,1,4-5,7H2,(H,21,22)/t15-/m0/s1. The van der Waals surface area contributed by atoms with E-state index in [4.69, 9.17) is 16.3 Å². The predicted octanol–water partition coefficient (Wildman–Crippen LogP) is 3.42. The molecule has 2 aromatic rings. The van der Waals surface area contributed by atoms with Crippen LogP contribution in [0.3, 0.4) is 0 Å². The van der Waals surface area contributed by atoms with Crippen LogP contribution in [0.5, 0.6) is 0 Å². The molecule has 0 spiro atoms. The first-order chi connectivity index (χ1) is 12.5. The summed E-state index contributed by atoms with van der Waals surface area (Å²) in [7, 11) is 0. The van der Waals surface area contributed by atoms with Crippen molar-refractivity contribution < 1.29 is 17.9 Å². The molecule has 1 aromatic heterocycles. The molecule has 2 heterocycles. The molecule has 0 radical (unpaired) electrons. The van der Waals surface area contributed by atoms with E-state index in [1.807, 2.05) is 0 Å². The second kappa shape index (κ2) is 8.31. The van der Waals surface area contributed by atoms with Crippen molar-refractivity contribution in [2.45, 2.75) is 25.6 Å². The molecule has 0 fully saturated rings. The Kier molecular flexibility index (Phi) is 5.87. The van der Waals surface area contributed by atoms with Crippen molar-refractivity contribution >= 4 is 23.3 Å². The van der Waals surface area contributed by atoms with Crippen LogP contribution in [-0.2, 0) is 11.3 Å². The highest BCUT2D eigenvalue weighted by atomic mass is 35.5. The van der Waals surface area contributed by atoms with E-state index in [9.17, 15) is 13.2 Å². The molecule has 3 rings (SSSR count). The lowest BCUT2D eigenvalue weighted by molar-refractivity contribution is 0.0898. The van der Waals surface area contributed by atoms with Gasteiger partial charge in [0.2, 0.25) is 0 Å². The number of anilines is 1. The van der Waals surface area contributed by atoms with Crippen molar-refractivity contribution in [1.29, 1.82) is 0 Å². The number of nitrogens with zero attached hydrogens (tertiary/aromatic N) is 3. The Bertz CT molecular complexity index is 783. The van der Waals surface area contributed by atoms with Gasteiger partial charge in [0.1, 0.15) is 5.82 Å². The van der Waals surface area contributed by atoms with Crippen LogP contribution in [0.1, 0.15) is 18.2 Å². The van der Waals surface area contributed by atoms with Crippen LogP contribution in [0.2, 0.25) is 5.02 Å². The maximum absolute atomic E-state index is 14.0. The fraction of sp³-hybridized carbons (Fsp3) is 0.375. The van der Waals surface area contributed by atoms with Crippen LogP contribution in [0.15, 0.2) is 35.6 Å². The molecule has 26 heavy (non-hydrogen) atoms. The third-order valence-electron chi connectivity index (χ3n) is 3.68. The quantitative estimate of drug-likeness (QED) is 0.797. The summed E-state index contributed by atoms with van der Waals surface area (Å²) >= 11 is 5.74. The predicted molar refractivity (Wildman–Crippen MR) is 92.0 cm³/mol. The molecule has 0 amide bonds. The topological polar surface area (TPSA) is 63.5 Å². The number of ether oxygens (including phenoxy) is 1. The number of amidine groups is 1. The van der Waals surface area contributed by atoms with Crippen LogP contribution >= 0.6 is 11.6 Å². The number of rotatable bonds is 6. The number of hydrogen-bond donors (Lipinski definition) is 2. The minimum absolute atomic E-state index is 0.118. The Morgan fingerprint density at radius 3 is 2.85 bits per heavy atom. The van der Waals surface area contributed by atoms with E-state index in [2.05, 4.69) is 20.7 Å². The molecule has 0 unspecified atom stereocenters. The monoisotopic (exact) mass is 387 g/mol. The summed E-state index contributed by atoms with van der Waals surface area (Å²) in [4.78, 5) is 4.13. The summed E-state index contributed by atoms with van der Waals surface area (Å²) in [6.45, 7) is 1.32. The zero-order valence-electron chi connectivity index (χ0n) is 13.6. The van der Waals surface area contributed by atoms with Gasteiger partial charge >= 0.3 is 0 Å². The Balaban J connectivity index is 1.72. The summed E-state index contributed by atoms with van der Waals surface area (Å²) in [6, 6.07) is 4.40. The molecule has 0 bridgehead atoms. The maximum Gasteiger partial charge on any atom is 0.284 e. The lowest BCUT2D eigenvalue weighted by Crippen LogP contribution is -2.29. The van der Waals surface area contributed by atoms with Gasteiger partial charge in [0.25, 0.3) is 12.4 Å². The molecule has 1 aliphatic rings. The third kappa shape index (κ3) is 4.60. The van der Waals surface area contributed by atoms with E-state index in [-0.39, 0.29) is 11.6 Å². The van der Waals surface area contributed by atoms with Crippen LogP contribution < -0.4 is 10.6 Å². The van der Waals surface area contributed by atoms with Gasteiger partial charge in [-0.05, 0) is 18.2 Å².